The molecule has 2 amide bonds. The number of carbonyl (C=O) groups is 2. The maximum atomic E-state index is 12.5. The van der Waals surface area contributed by atoms with Crippen LogP contribution in [0.3, 0.4) is 0 Å². The van der Waals surface area contributed by atoms with Crippen molar-refractivity contribution in [3.05, 3.63) is 45.5 Å². The van der Waals surface area contributed by atoms with Crippen LogP contribution in [0.1, 0.15) is 58.3 Å². The fourth-order valence-electron chi connectivity index (χ4n) is 3.68. The van der Waals surface area contributed by atoms with Crippen LogP contribution >= 0.6 is 0 Å². The summed E-state index contributed by atoms with van der Waals surface area (Å²) in [5.41, 5.74) is 0.420. The number of nitrogens with zero attached hydrogens (tertiary/aromatic N) is 1. The fraction of sp³-hybridized carbons (Fsp3) is 0.500. The molecule has 2 aromatic rings. The lowest BCUT2D eigenvalue weighted by Crippen LogP contribution is -2.41. The molecule has 0 aliphatic heterocycles. The second kappa shape index (κ2) is 8.93. The van der Waals surface area contributed by atoms with Crippen LogP contribution in [0.15, 0.2) is 21.5 Å². The van der Waals surface area contributed by atoms with E-state index >= 15 is 0 Å². The van der Waals surface area contributed by atoms with Gasteiger partial charge in [0.05, 0.1) is 12.8 Å². The molecule has 156 valence electrons. The van der Waals surface area contributed by atoms with Crippen LogP contribution < -0.4 is 20.8 Å². The molecule has 3 rings (SSSR count). The van der Waals surface area contributed by atoms with Gasteiger partial charge in [-0.25, -0.2) is 4.98 Å². The monoisotopic (exact) mass is 402 g/mol. The first-order chi connectivity index (χ1) is 13.9. The molecule has 9 nitrogen and oxygen atoms in total. The van der Waals surface area contributed by atoms with Crippen molar-refractivity contribution in [1.29, 1.82) is 0 Å². The first-order valence-electron chi connectivity index (χ1n) is 9.67. The van der Waals surface area contributed by atoms with E-state index in [2.05, 4.69) is 20.6 Å². The average Bonchev–Trinajstić information content (AvgIpc) is 3.04. The van der Waals surface area contributed by atoms with Gasteiger partial charge in [0.1, 0.15) is 5.69 Å². The van der Waals surface area contributed by atoms with E-state index in [9.17, 15) is 14.4 Å². The van der Waals surface area contributed by atoms with E-state index in [1.165, 1.54) is 19.4 Å². The Morgan fingerprint density at radius 2 is 2.10 bits per heavy atom. The number of amides is 2. The molecule has 0 radical (unpaired) electrons. The van der Waals surface area contributed by atoms with Crippen molar-refractivity contribution in [2.45, 2.75) is 45.6 Å². The van der Waals surface area contributed by atoms with Crippen molar-refractivity contribution >= 4 is 11.8 Å². The molecule has 0 unspecified atom stereocenters. The highest BCUT2D eigenvalue weighted by atomic mass is 16.5. The lowest BCUT2D eigenvalue weighted by molar-refractivity contribution is 0.0886. The quantitative estimate of drug-likeness (QED) is 0.675. The fourth-order valence-corrected chi connectivity index (χ4v) is 3.68. The molecule has 0 spiro atoms. The number of nitrogens with one attached hydrogen (secondary N) is 3. The Kier molecular flexibility index (Phi) is 6.36. The van der Waals surface area contributed by atoms with Gasteiger partial charge in [0.15, 0.2) is 11.6 Å². The average molecular weight is 402 g/mol. The lowest BCUT2D eigenvalue weighted by atomic mass is 9.85. The third-order valence-corrected chi connectivity index (χ3v) is 5.12. The number of methoxy groups -OCH3 is 1. The van der Waals surface area contributed by atoms with Crippen molar-refractivity contribution in [3.63, 3.8) is 0 Å². The molecule has 2 aromatic heterocycles. The maximum absolute atomic E-state index is 12.5. The van der Waals surface area contributed by atoms with Gasteiger partial charge in [0, 0.05) is 31.8 Å². The Labute approximate surface area is 168 Å². The predicted octanol–water partition coefficient (Wildman–Crippen LogP) is 1.71. The molecule has 0 saturated heterocycles. The highest BCUT2D eigenvalue weighted by Crippen LogP contribution is 2.24. The zero-order chi connectivity index (χ0) is 21.0. The molecule has 1 aliphatic rings. The standard InChI is InChI=1S/C20H26N4O5/c1-11-18(29-12(2)23-11)20(27)22-9-13-5-4-6-14(7-13)24-19(26)15-8-16(25)17(28-3)10-21-15/h8,10,13-14H,4-7,9H2,1-3H3,(H,21,25)(H,22,27)(H,24,26)/t13-,14+/m1/s1. The number of rotatable bonds is 6. The summed E-state index contributed by atoms with van der Waals surface area (Å²) >= 11 is 0. The molecule has 29 heavy (non-hydrogen) atoms. The molecular weight excluding hydrogens is 376 g/mol. The summed E-state index contributed by atoms with van der Waals surface area (Å²) < 4.78 is 10.3. The minimum absolute atomic E-state index is 0.0157. The largest absolute Gasteiger partial charge is 0.491 e. The van der Waals surface area contributed by atoms with E-state index in [0.29, 0.717) is 18.1 Å². The molecule has 1 fully saturated rings. The van der Waals surface area contributed by atoms with Crippen LogP contribution in [0.4, 0.5) is 0 Å². The highest BCUT2D eigenvalue weighted by Gasteiger charge is 2.25. The number of carbonyl (C=O) groups excluding carboxylic acids is 2. The van der Waals surface area contributed by atoms with E-state index in [1.807, 2.05) is 0 Å². The van der Waals surface area contributed by atoms with E-state index in [-0.39, 0.29) is 46.4 Å². The Hall–Kier alpha value is -3.10. The van der Waals surface area contributed by atoms with E-state index in [0.717, 1.165) is 25.7 Å². The van der Waals surface area contributed by atoms with Crippen molar-refractivity contribution in [2.75, 3.05) is 13.7 Å². The van der Waals surface area contributed by atoms with Crippen LogP contribution in [-0.2, 0) is 0 Å². The molecule has 1 aliphatic carbocycles. The van der Waals surface area contributed by atoms with Crippen LogP contribution in [0.5, 0.6) is 5.75 Å². The van der Waals surface area contributed by atoms with Gasteiger partial charge in [-0.15, -0.1) is 0 Å². The molecule has 2 heterocycles. The molecule has 0 bridgehead atoms. The highest BCUT2D eigenvalue weighted by molar-refractivity contribution is 5.93. The minimum atomic E-state index is -0.349. The third-order valence-electron chi connectivity index (χ3n) is 5.12. The zero-order valence-electron chi connectivity index (χ0n) is 16.8. The first-order valence-corrected chi connectivity index (χ1v) is 9.67. The summed E-state index contributed by atoms with van der Waals surface area (Å²) in [4.78, 5) is 43.5. The van der Waals surface area contributed by atoms with Gasteiger partial charge < -0.3 is 24.8 Å². The molecule has 3 N–H and O–H groups in total. The van der Waals surface area contributed by atoms with Crippen LogP contribution in [0.25, 0.3) is 0 Å². The van der Waals surface area contributed by atoms with Gasteiger partial charge in [0.25, 0.3) is 11.8 Å². The first kappa shape index (κ1) is 20.6. The maximum Gasteiger partial charge on any atom is 0.289 e. The number of ether oxygens (including phenoxy) is 1. The number of oxazole rings is 1. The normalized spacial score (nSPS) is 18.9. The zero-order valence-corrected chi connectivity index (χ0v) is 16.8. The van der Waals surface area contributed by atoms with E-state index in [4.69, 9.17) is 9.15 Å². The summed E-state index contributed by atoms with van der Waals surface area (Å²) in [5.74, 6) is 0.512. The number of hydrogen-bond acceptors (Lipinski definition) is 6. The number of hydrogen-bond donors (Lipinski definition) is 3. The number of H-pyrrole nitrogens is 1. The van der Waals surface area contributed by atoms with Gasteiger partial charge in [-0.1, -0.05) is 6.42 Å². The summed E-state index contributed by atoms with van der Waals surface area (Å²) in [5, 5.41) is 5.87. The predicted molar refractivity (Wildman–Crippen MR) is 105 cm³/mol. The molecule has 2 atom stereocenters. The molecule has 9 heteroatoms. The molecule has 1 saturated carbocycles. The van der Waals surface area contributed by atoms with Crippen molar-refractivity contribution in [1.82, 2.24) is 20.6 Å². The van der Waals surface area contributed by atoms with E-state index < -0.39 is 0 Å². The Balaban J connectivity index is 1.53. The van der Waals surface area contributed by atoms with Crippen molar-refractivity contribution < 1.29 is 18.7 Å². The minimum Gasteiger partial charge on any atom is -0.491 e. The van der Waals surface area contributed by atoms with Crippen molar-refractivity contribution in [3.8, 4) is 5.75 Å². The summed E-state index contributed by atoms with van der Waals surface area (Å²) in [7, 11) is 1.40. The number of aromatic amines is 1. The van der Waals surface area contributed by atoms with Gasteiger partial charge in [-0.2, -0.15) is 0 Å². The second-order valence-electron chi connectivity index (χ2n) is 7.34. The molecule has 0 aromatic carbocycles. The topological polar surface area (TPSA) is 126 Å². The third kappa shape index (κ3) is 5.04. The summed E-state index contributed by atoms with van der Waals surface area (Å²) in [6, 6.07) is 1.22. The lowest BCUT2D eigenvalue weighted by Gasteiger charge is -2.29. The van der Waals surface area contributed by atoms with Crippen LogP contribution in [0.2, 0.25) is 0 Å². The molecular formula is C20H26N4O5. The van der Waals surface area contributed by atoms with Gasteiger partial charge >= 0.3 is 0 Å². The summed E-state index contributed by atoms with van der Waals surface area (Å²) in [6.07, 6.45) is 4.91. The second-order valence-corrected chi connectivity index (χ2v) is 7.34. The number of aromatic nitrogens is 2. The number of pyridine rings is 1. The van der Waals surface area contributed by atoms with E-state index in [1.54, 1.807) is 13.8 Å². The Morgan fingerprint density at radius 3 is 2.76 bits per heavy atom. The summed E-state index contributed by atoms with van der Waals surface area (Å²) in [6.45, 7) is 3.94. The van der Waals surface area contributed by atoms with Crippen LogP contribution in [-0.4, -0.2) is 41.5 Å². The van der Waals surface area contributed by atoms with Gasteiger partial charge in [0.2, 0.25) is 11.2 Å². The van der Waals surface area contributed by atoms with Gasteiger partial charge in [-0.05, 0) is 32.1 Å². The Bertz CT molecular complexity index is 949. The smallest absolute Gasteiger partial charge is 0.289 e. The SMILES string of the molecule is COc1c[nH]c(C(=O)N[C@H]2CCC[C@@H](CNC(=O)c3oc(C)nc3C)C2)cc1=O. The number of aryl methyl sites for hydroxylation is 2. The Morgan fingerprint density at radius 1 is 1.31 bits per heavy atom. The van der Waals surface area contributed by atoms with Crippen molar-refractivity contribution in [2.24, 2.45) is 5.92 Å². The van der Waals surface area contributed by atoms with Crippen LogP contribution in [0, 0.1) is 19.8 Å². The van der Waals surface area contributed by atoms with Gasteiger partial charge in [-0.3, -0.25) is 14.4 Å².